The van der Waals surface area contributed by atoms with Crippen molar-refractivity contribution in [1.82, 2.24) is 0 Å². The first-order chi connectivity index (χ1) is 10.1. The van der Waals surface area contributed by atoms with Crippen LogP contribution in [0.5, 0.6) is 0 Å². The van der Waals surface area contributed by atoms with E-state index < -0.39 is 6.09 Å². The second kappa shape index (κ2) is 6.90. The minimum atomic E-state index is -0.541. The van der Waals surface area contributed by atoms with Crippen LogP contribution in [0, 0.1) is 0 Å². The van der Waals surface area contributed by atoms with Gasteiger partial charge in [-0.25, -0.2) is 4.79 Å². The van der Waals surface area contributed by atoms with Crippen molar-refractivity contribution in [2.75, 3.05) is 17.7 Å². The number of benzene rings is 2. The van der Waals surface area contributed by atoms with Gasteiger partial charge < -0.3 is 10.1 Å². The highest BCUT2D eigenvalue weighted by Gasteiger charge is 2.06. The molecule has 6 heteroatoms. The topological polar surface area (TPSA) is 67.4 Å². The van der Waals surface area contributed by atoms with Gasteiger partial charge >= 0.3 is 6.09 Å². The standard InChI is InChI=1S/C15H13BrN2O3/c1-21-15(20)18-13-7-5-12(6-8-13)17-14(19)10-3-2-4-11(16)9-10/h2-9H,1H3,(H,17,19)(H,18,20). The van der Waals surface area contributed by atoms with Crippen LogP contribution in [-0.4, -0.2) is 19.1 Å². The second-order valence-electron chi connectivity index (χ2n) is 4.16. The molecule has 0 saturated heterocycles. The average Bonchev–Trinajstić information content (AvgIpc) is 2.49. The van der Waals surface area contributed by atoms with Crippen molar-refractivity contribution in [2.24, 2.45) is 0 Å². The second-order valence-corrected chi connectivity index (χ2v) is 5.07. The third-order valence-corrected chi connectivity index (χ3v) is 3.15. The zero-order valence-electron chi connectivity index (χ0n) is 11.2. The van der Waals surface area contributed by atoms with Gasteiger partial charge in [0.25, 0.3) is 5.91 Å². The number of carbonyl (C=O) groups is 2. The Bertz CT molecular complexity index is 656. The molecule has 0 spiro atoms. The Morgan fingerprint density at radius 1 is 1.00 bits per heavy atom. The first kappa shape index (κ1) is 15.1. The molecule has 0 radical (unpaired) electrons. The molecular weight excluding hydrogens is 336 g/mol. The third kappa shape index (κ3) is 4.32. The summed E-state index contributed by atoms with van der Waals surface area (Å²) < 4.78 is 5.33. The molecule has 0 aliphatic carbocycles. The minimum Gasteiger partial charge on any atom is -0.453 e. The number of methoxy groups -OCH3 is 1. The maximum absolute atomic E-state index is 12.1. The fourth-order valence-corrected chi connectivity index (χ4v) is 2.04. The van der Waals surface area contributed by atoms with E-state index in [0.29, 0.717) is 16.9 Å². The molecule has 0 aromatic heterocycles. The molecule has 0 fully saturated rings. The Kier molecular flexibility index (Phi) is 4.94. The van der Waals surface area contributed by atoms with E-state index in [9.17, 15) is 9.59 Å². The lowest BCUT2D eigenvalue weighted by Gasteiger charge is -2.07. The Morgan fingerprint density at radius 2 is 1.62 bits per heavy atom. The van der Waals surface area contributed by atoms with E-state index in [1.54, 1.807) is 42.5 Å². The van der Waals surface area contributed by atoms with E-state index in [-0.39, 0.29) is 5.91 Å². The minimum absolute atomic E-state index is 0.204. The largest absolute Gasteiger partial charge is 0.453 e. The lowest BCUT2D eigenvalue weighted by molar-refractivity contribution is 0.102. The Morgan fingerprint density at radius 3 is 2.19 bits per heavy atom. The van der Waals surface area contributed by atoms with Crippen molar-refractivity contribution in [3.05, 3.63) is 58.6 Å². The number of hydrogen-bond acceptors (Lipinski definition) is 3. The molecule has 2 aromatic rings. The lowest BCUT2D eigenvalue weighted by Crippen LogP contribution is -2.12. The molecule has 5 nitrogen and oxygen atoms in total. The van der Waals surface area contributed by atoms with Gasteiger partial charge in [-0.15, -0.1) is 0 Å². The third-order valence-electron chi connectivity index (χ3n) is 2.66. The zero-order chi connectivity index (χ0) is 15.2. The van der Waals surface area contributed by atoms with Crippen LogP contribution in [0.2, 0.25) is 0 Å². The van der Waals surface area contributed by atoms with Crippen LogP contribution in [0.4, 0.5) is 16.2 Å². The molecule has 0 saturated carbocycles. The molecular formula is C15H13BrN2O3. The summed E-state index contributed by atoms with van der Waals surface area (Å²) in [4.78, 5) is 23.1. The molecule has 0 aliphatic heterocycles. The van der Waals surface area contributed by atoms with E-state index in [2.05, 4.69) is 31.3 Å². The van der Waals surface area contributed by atoms with Crippen LogP contribution in [0.15, 0.2) is 53.0 Å². The van der Waals surface area contributed by atoms with Crippen molar-refractivity contribution < 1.29 is 14.3 Å². The van der Waals surface area contributed by atoms with E-state index >= 15 is 0 Å². The van der Waals surface area contributed by atoms with E-state index in [1.807, 2.05) is 6.07 Å². The number of rotatable bonds is 3. The first-order valence-electron chi connectivity index (χ1n) is 6.10. The number of anilines is 2. The molecule has 2 rings (SSSR count). The van der Waals surface area contributed by atoms with Crippen LogP contribution in [0.25, 0.3) is 0 Å². The Labute approximate surface area is 130 Å². The molecule has 21 heavy (non-hydrogen) atoms. The molecule has 0 unspecified atom stereocenters. The summed E-state index contributed by atoms with van der Waals surface area (Å²) in [6, 6.07) is 13.9. The predicted octanol–water partition coefficient (Wildman–Crippen LogP) is 3.88. The van der Waals surface area contributed by atoms with Gasteiger partial charge in [-0.2, -0.15) is 0 Å². The Balaban J connectivity index is 2.03. The number of nitrogens with one attached hydrogen (secondary N) is 2. The monoisotopic (exact) mass is 348 g/mol. The molecule has 0 bridgehead atoms. The van der Waals surface area contributed by atoms with Crippen molar-refractivity contribution in [2.45, 2.75) is 0 Å². The van der Waals surface area contributed by atoms with Gasteiger partial charge in [-0.05, 0) is 42.5 Å². The normalized spacial score (nSPS) is 9.81. The number of hydrogen-bond donors (Lipinski definition) is 2. The quantitative estimate of drug-likeness (QED) is 0.884. The smallest absolute Gasteiger partial charge is 0.411 e. The predicted molar refractivity (Wildman–Crippen MR) is 84.6 cm³/mol. The molecule has 2 aromatic carbocycles. The highest BCUT2D eigenvalue weighted by Crippen LogP contribution is 2.16. The molecule has 2 amide bonds. The first-order valence-corrected chi connectivity index (χ1v) is 6.90. The maximum atomic E-state index is 12.1. The molecule has 2 N–H and O–H groups in total. The maximum Gasteiger partial charge on any atom is 0.411 e. The fourth-order valence-electron chi connectivity index (χ4n) is 1.64. The zero-order valence-corrected chi connectivity index (χ0v) is 12.8. The lowest BCUT2D eigenvalue weighted by atomic mass is 10.2. The summed E-state index contributed by atoms with van der Waals surface area (Å²) in [6.45, 7) is 0. The Hall–Kier alpha value is -2.34. The van der Waals surface area contributed by atoms with E-state index in [1.165, 1.54) is 7.11 Å². The van der Waals surface area contributed by atoms with Crippen molar-refractivity contribution in [1.29, 1.82) is 0 Å². The SMILES string of the molecule is COC(=O)Nc1ccc(NC(=O)c2cccc(Br)c2)cc1. The van der Waals surface area contributed by atoms with Gasteiger partial charge in [0.05, 0.1) is 7.11 Å². The summed E-state index contributed by atoms with van der Waals surface area (Å²) in [5.41, 5.74) is 1.78. The van der Waals surface area contributed by atoms with Crippen molar-refractivity contribution >= 4 is 39.3 Å². The van der Waals surface area contributed by atoms with Gasteiger partial charge in [-0.3, -0.25) is 10.1 Å². The summed E-state index contributed by atoms with van der Waals surface area (Å²) >= 11 is 3.32. The van der Waals surface area contributed by atoms with Crippen LogP contribution >= 0.6 is 15.9 Å². The van der Waals surface area contributed by atoms with Crippen LogP contribution in [0.1, 0.15) is 10.4 Å². The molecule has 0 aliphatic rings. The van der Waals surface area contributed by atoms with Gasteiger partial charge in [-0.1, -0.05) is 22.0 Å². The fraction of sp³-hybridized carbons (Fsp3) is 0.0667. The average molecular weight is 349 g/mol. The summed E-state index contributed by atoms with van der Waals surface area (Å²) in [5, 5.41) is 5.31. The van der Waals surface area contributed by atoms with Crippen LogP contribution in [0.3, 0.4) is 0 Å². The van der Waals surface area contributed by atoms with E-state index in [0.717, 1.165) is 4.47 Å². The molecule has 0 atom stereocenters. The number of carbonyl (C=O) groups excluding carboxylic acids is 2. The van der Waals surface area contributed by atoms with Crippen LogP contribution in [-0.2, 0) is 4.74 Å². The number of halogens is 1. The van der Waals surface area contributed by atoms with Gasteiger partial charge in [0.1, 0.15) is 0 Å². The van der Waals surface area contributed by atoms with Crippen molar-refractivity contribution in [3.63, 3.8) is 0 Å². The summed E-state index contributed by atoms with van der Waals surface area (Å²) in [7, 11) is 1.29. The highest BCUT2D eigenvalue weighted by molar-refractivity contribution is 9.10. The van der Waals surface area contributed by atoms with Gasteiger partial charge in [0.2, 0.25) is 0 Å². The van der Waals surface area contributed by atoms with Crippen LogP contribution < -0.4 is 10.6 Å². The number of ether oxygens (including phenoxy) is 1. The summed E-state index contributed by atoms with van der Waals surface area (Å²) in [5.74, 6) is -0.204. The van der Waals surface area contributed by atoms with E-state index in [4.69, 9.17) is 0 Å². The summed E-state index contributed by atoms with van der Waals surface area (Å²) in [6.07, 6.45) is -0.541. The van der Waals surface area contributed by atoms with Gasteiger partial charge in [0, 0.05) is 21.4 Å². The highest BCUT2D eigenvalue weighted by atomic mass is 79.9. The molecule has 108 valence electrons. The van der Waals surface area contributed by atoms with Gasteiger partial charge in [0.15, 0.2) is 0 Å². The molecule has 0 heterocycles. The van der Waals surface area contributed by atoms with Crippen molar-refractivity contribution in [3.8, 4) is 0 Å². The number of amides is 2.